The SMILES string of the molecule is CCOC(=O)c1cnn(-c2ccccc2)c1NC(=O)Cc1ccc(NC(C)=O)cc1. The lowest BCUT2D eigenvalue weighted by atomic mass is 10.1. The molecule has 3 rings (SSSR count). The highest BCUT2D eigenvalue weighted by molar-refractivity contribution is 6.01. The van der Waals surface area contributed by atoms with E-state index in [2.05, 4.69) is 15.7 Å². The maximum absolute atomic E-state index is 12.7. The van der Waals surface area contributed by atoms with Crippen molar-refractivity contribution in [3.05, 3.63) is 71.9 Å². The number of para-hydroxylation sites is 1. The van der Waals surface area contributed by atoms with Gasteiger partial charge in [-0.05, 0) is 36.8 Å². The van der Waals surface area contributed by atoms with Crippen molar-refractivity contribution in [3.63, 3.8) is 0 Å². The van der Waals surface area contributed by atoms with E-state index in [-0.39, 0.29) is 36.2 Å². The Morgan fingerprint density at radius 2 is 1.70 bits per heavy atom. The molecule has 0 saturated heterocycles. The molecule has 30 heavy (non-hydrogen) atoms. The Balaban J connectivity index is 1.81. The zero-order valence-corrected chi connectivity index (χ0v) is 16.7. The van der Waals surface area contributed by atoms with E-state index in [1.54, 1.807) is 31.2 Å². The number of anilines is 2. The minimum atomic E-state index is -0.561. The maximum Gasteiger partial charge on any atom is 0.343 e. The van der Waals surface area contributed by atoms with Gasteiger partial charge in [0.25, 0.3) is 0 Å². The molecule has 0 unspecified atom stereocenters. The molecule has 0 spiro atoms. The second kappa shape index (κ2) is 9.51. The summed E-state index contributed by atoms with van der Waals surface area (Å²) in [4.78, 5) is 36.1. The average Bonchev–Trinajstić information content (AvgIpc) is 3.13. The van der Waals surface area contributed by atoms with Crippen LogP contribution in [0.15, 0.2) is 60.8 Å². The van der Waals surface area contributed by atoms with Gasteiger partial charge in [-0.2, -0.15) is 5.10 Å². The van der Waals surface area contributed by atoms with E-state index < -0.39 is 5.97 Å². The van der Waals surface area contributed by atoms with Crippen LogP contribution in [0, 0.1) is 0 Å². The molecule has 0 aliphatic carbocycles. The molecule has 2 N–H and O–H groups in total. The number of carbonyl (C=O) groups excluding carboxylic acids is 3. The first kappa shape index (κ1) is 20.8. The molecule has 2 aromatic carbocycles. The highest BCUT2D eigenvalue weighted by Crippen LogP contribution is 2.22. The molecule has 8 nitrogen and oxygen atoms in total. The molecule has 0 radical (unpaired) electrons. The van der Waals surface area contributed by atoms with Gasteiger partial charge in [-0.1, -0.05) is 30.3 Å². The number of hydrogen-bond donors (Lipinski definition) is 2. The van der Waals surface area contributed by atoms with Crippen molar-refractivity contribution >= 4 is 29.3 Å². The molecule has 3 aromatic rings. The van der Waals surface area contributed by atoms with Gasteiger partial charge >= 0.3 is 5.97 Å². The van der Waals surface area contributed by atoms with Crippen LogP contribution in [0.5, 0.6) is 0 Å². The summed E-state index contributed by atoms with van der Waals surface area (Å²) in [6.07, 6.45) is 1.46. The van der Waals surface area contributed by atoms with Crippen molar-refractivity contribution in [2.24, 2.45) is 0 Å². The third kappa shape index (κ3) is 5.11. The second-order valence-corrected chi connectivity index (χ2v) is 6.48. The molecule has 2 amide bonds. The van der Waals surface area contributed by atoms with Crippen LogP contribution >= 0.6 is 0 Å². The van der Waals surface area contributed by atoms with E-state index in [4.69, 9.17) is 4.74 Å². The number of benzene rings is 2. The Labute approximate surface area is 173 Å². The molecule has 1 heterocycles. The second-order valence-electron chi connectivity index (χ2n) is 6.48. The van der Waals surface area contributed by atoms with Crippen molar-refractivity contribution in [1.82, 2.24) is 9.78 Å². The first-order chi connectivity index (χ1) is 14.5. The van der Waals surface area contributed by atoms with E-state index in [1.165, 1.54) is 17.8 Å². The number of carbonyl (C=O) groups is 3. The van der Waals surface area contributed by atoms with E-state index in [0.29, 0.717) is 11.4 Å². The van der Waals surface area contributed by atoms with Gasteiger partial charge < -0.3 is 15.4 Å². The number of aromatic nitrogens is 2. The van der Waals surface area contributed by atoms with Crippen LogP contribution in [0.2, 0.25) is 0 Å². The van der Waals surface area contributed by atoms with Crippen LogP contribution in [0.25, 0.3) is 5.69 Å². The molecule has 0 bridgehead atoms. The number of rotatable bonds is 7. The van der Waals surface area contributed by atoms with E-state index in [1.807, 2.05) is 30.3 Å². The minimum absolute atomic E-state index is 0.0859. The van der Waals surface area contributed by atoms with Crippen LogP contribution in [-0.4, -0.2) is 34.2 Å². The van der Waals surface area contributed by atoms with E-state index in [9.17, 15) is 14.4 Å². The first-order valence-electron chi connectivity index (χ1n) is 9.45. The fourth-order valence-electron chi connectivity index (χ4n) is 2.86. The van der Waals surface area contributed by atoms with Gasteiger partial charge in [-0.15, -0.1) is 0 Å². The first-order valence-corrected chi connectivity index (χ1v) is 9.45. The molecule has 8 heteroatoms. The van der Waals surface area contributed by atoms with Gasteiger partial charge in [0.2, 0.25) is 11.8 Å². The summed E-state index contributed by atoms with van der Waals surface area (Å²) in [7, 11) is 0. The number of amides is 2. The molecule has 0 aliphatic heterocycles. The van der Waals surface area contributed by atoms with E-state index in [0.717, 1.165) is 5.56 Å². The topological polar surface area (TPSA) is 102 Å². The van der Waals surface area contributed by atoms with Crippen LogP contribution in [0.1, 0.15) is 29.8 Å². The van der Waals surface area contributed by atoms with Crippen molar-refractivity contribution in [2.45, 2.75) is 20.3 Å². The number of nitrogens with zero attached hydrogens (tertiary/aromatic N) is 2. The minimum Gasteiger partial charge on any atom is -0.462 e. The number of esters is 1. The van der Waals surface area contributed by atoms with Crippen LogP contribution < -0.4 is 10.6 Å². The predicted molar refractivity (Wildman–Crippen MR) is 113 cm³/mol. The van der Waals surface area contributed by atoms with Crippen LogP contribution in [0.4, 0.5) is 11.5 Å². The largest absolute Gasteiger partial charge is 0.462 e. The average molecular weight is 406 g/mol. The molecule has 0 aliphatic rings. The Hall–Kier alpha value is -3.94. The third-order valence-corrected chi connectivity index (χ3v) is 4.16. The Bertz CT molecular complexity index is 1040. The Kier molecular flexibility index (Phi) is 6.59. The molecule has 1 aromatic heterocycles. The van der Waals surface area contributed by atoms with Gasteiger partial charge in [-0.3, -0.25) is 9.59 Å². The molecule has 0 saturated carbocycles. The summed E-state index contributed by atoms with van der Waals surface area (Å²) in [5.74, 6) is -0.791. The fraction of sp³-hybridized carbons (Fsp3) is 0.182. The molecule has 0 fully saturated rings. The highest BCUT2D eigenvalue weighted by Gasteiger charge is 2.21. The maximum atomic E-state index is 12.7. The van der Waals surface area contributed by atoms with Gasteiger partial charge in [0.05, 0.1) is 24.9 Å². The van der Waals surface area contributed by atoms with Crippen molar-refractivity contribution in [2.75, 3.05) is 17.2 Å². The zero-order valence-electron chi connectivity index (χ0n) is 16.7. The molecular weight excluding hydrogens is 384 g/mol. The summed E-state index contributed by atoms with van der Waals surface area (Å²) < 4.78 is 6.57. The quantitative estimate of drug-likeness (QED) is 0.587. The summed E-state index contributed by atoms with van der Waals surface area (Å²) in [6, 6.07) is 16.1. The molecule has 154 valence electrons. The van der Waals surface area contributed by atoms with E-state index >= 15 is 0 Å². The monoisotopic (exact) mass is 406 g/mol. The van der Waals surface area contributed by atoms with Gasteiger partial charge in [-0.25, -0.2) is 9.48 Å². The summed E-state index contributed by atoms with van der Waals surface area (Å²) in [5.41, 5.74) is 2.28. The predicted octanol–water partition coefficient (Wildman–Crippen LogP) is 3.19. The van der Waals surface area contributed by atoms with Gasteiger partial charge in [0, 0.05) is 12.6 Å². The van der Waals surface area contributed by atoms with Crippen molar-refractivity contribution in [3.8, 4) is 5.69 Å². The number of hydrogen-bond acceptors (Lipinski definition) is 5. The number of ether oxygens (including phenoxy) is 1. The molecule has 0 atom stereocenters. The number of nitrogens with one attached hydrogen (secondary N) is 2. The van der Waals surface area contributed by atoms with Crippen molar-refractivity contribution < 1.29 is 19.1 Å². The zero-order chi connectivity index (χ0) is 21.5. The normalized spacial score (nSPS) is 10.3. The van der Waals surface area contributed by atoms with Gasteiger partial charge in [0.1, 0.15) is 5.56 Å². The summed E-state index contributed by atoms with van der Waals surface area (Å²) in [5, 5.41) is 9.71. The third-order valence-electron chi connectivity index (χ3n) is 4.16. The summed E-state index contributed by atoms with van der Waals surface area (Å²) in [6.45, 7) is 3.35. The summed E-state index contributed by atoms with van der Waals surface area (Å²) >= 11 is 0. The smallest absolute Gasteiger partial charge is 0.343 e. The van der Waals surface area contributed by atoms with Crippen LogP contribution in [-0.2, 0) is 20.7 Å². The lowest BCUT2D eigenvalue weighted by molar-refractivity contribution is -0.116. The lowest BCUT2D eigenvalue weighted by Gasteiger charge is -2.11. The standard InChI is InChI=1S/C22H22N4O4/c1-3-30-22(29)19-14-23-26(18-7-5-4-6-8-18)21(19)25-20(28)13-16-9-11-17(12-10-16)24-15(2)27/h4-12,14H,3,13H2,1-2H3,(H,24,27)(H,25,28). The van der Waals surface area contributed by atoms with Crippen molar-refractivity contribution in [1.29, 1.82) is 0 Å². The molecular formula is C22H22N4O4. The van der Waals surface area contributed by atoms with Gasteiger partial charge in [0.15, 0.2) is 5.82 Å². The fourth-order valence-corrected chi connectivity index (χ4v) is 2.86. The Morgan fingerprint density at radius 3 is 2.33 bits per heavy atom. The lowest BCUT2D eigenvalue weighted by Crippen LogP contribution is -2.19. The highest BCUT2D eigenvalue weighted by atomic mass is 16.5. The van der Waals surface area contributed by atoms with Crippen LogP contribution in [0.3, 0.4) is 0 Å². The Morgan fingerprint density at radius 1 is 1.00 bits per heavy atom.